The van der Waals surface area contributed by atoms with Crippen molar-refractivity contribution in [3.8, 4) is 5.75 Å². The average molecular weight is 361 g/mol. The highest BCUT2D eigenvalue weighted by Gasteiger charge is 2.30. The summed E-state index contributed by atoms with van der Waals surface area (Å²) in [5.41, 5.74) is 0.246. The molecule has 0 bridgehead atoms. The molecule has 0 radical (unpaired) electrons. The Bertz CT molecular complexity index is 689. The van der Waals surface area contributed by atoms with E-state index in [0.29, 0.717) is 23.9 Å². The molecule has 1 amide bonds. The Balaban J connectivity index is 1.80. The molecule has 0 fully saturated rings. The maximum atomic E-state index is 12.7. The van der Waals surface area contributed by atoms with E-state index >= 15 is 0 Å². The second kappa shape index (κ2) is 8.77. The number of halogens is 1. The summed E-state index contributed by atoms with van der Waals surface area (Å²) in [6, 6.07) is 17.1. The summed E-state index contributed by atoms with van der Waals surface area (Å²) >= 11 is 6.06. The van der Waals surface area contributed by atoms with Crippen LogP contribution in [0.1, 0.15) is 20.3 Å². The molecule has 1 N–H and O–H groups in total. The maximum absolute atomic E-state index is 12.7. The number of ether oxygens (including phenoxy) is 1. The van der Waals surface area contributed by atoms with Crippen molar-refractivity contribution < 1.29 is 9.53 Å². The predicted octanol–water partition coefficient (Wildman–Crippen LogP) is 4.46. The summed E-state index contributed by atoms with van der Waals surface area (Å²) in [5, 5.41) is 3.88. The molecule has 2 aromatic rings. The fourth-order valence-corrected chi connectivity index (χ4v) is 2.75. The molecule has 134 valence electrons. The number of rotatable bonds is 8. The second-order valence-electron chi connectivity index (χ2n) is 6.48. The third kappa shape index (κ3) is 5.68. The number of hydrogen-bond donors (Lipinski definition) is 1. The highest BCUT2D eigenvalue weighted by atomic mass is 35.5. The van der Waals surface area contributed by atoms with Gasteiger partial charge in [0.15, 0.2) is 0 Å². The van der Waals surface area contributed by atoms with E-state index in [1.165, 1.54) is 0 Å². The first-order chi connectivity index (χ1) is 11.9. The Hall–Kier alpha value is -2.20. The molecular formula is C20H25ClN2O2. The molecule has 0 saturated carbocycles. The van der Waals surface area contributed by atoms with Gasteiger partial charge in [0.1, 0.15) is 11.3 Å². The Morgan fingerprint density at radius 2 is 1.76 bits per heavy atom. The number of nitrogens with zero attached hydrogens (tertiary/aromatic N) is 1. The molecule has 0 aliphatic carbocycles. The first-order valence-electron chi connectivity index (χ1n) is 8.36. The minimum atomic E-state index is -0.681. The fraction of sp³-hybridized carbons (Fsp3) is 0.350. The zero-order valence-electron chi connectivity index (χ0n) is 15.0. The Morgan fingerprint density at radius 1 is 1.12 bits per heavy atom. The molecule has 0 aromatic heterocycles. The summed E-state index contributed by atoms with van der Waals surface area (Å²) < 4.78 is 5.66. The van der Waals surface area contributed by atoms with Crippen LogP contribution in [0.3, 0.4) is 0 Å². The number of para-hydroxylation sites is 2. The van der Waals surface area contributed by atoms with Crippen LogP contribution < -0.4 is 10.1 Å². The van der Waals surface area contributed by atoms with Gasteiger partial charge in [-0.1, -0.05) is 41.9 Å². The van der Waals surface area contributed by atoms with Crippen LogP contribution in [0.5, 0.6) is 5.75 Å². The first-order valence-corrected chi connectivity index (χ1v) is 8.74. The number of hydrogen-bond acceptors (Lipinski definition) is 3. The number of likely N-dealkylation sites (N-methyl/N-ethyl adjacent to an activating group) is 1. The van der Waals surface area contributed by atoms with Crippen molar-refractivity contribution in [3.63, 3.8) is 0 Å². The lowest BCUT2D eigenvalue weighted by molar-refractivity contribution is -0.133. The second-order valence-corrected chi connectivity index (χ2v) is 6.88. The van der Waals surface area contributed by atoms with Gasteiger partial charge in [-0.05, 0) is 44.5 Å². The Kier molecular flexibility index (Phi) is 6.71. The quantitative estimate of drug-likeness (QED) is 0.707. The van der Waals surface area contributed by atoms with Crippen molar-refractivity contribution in [1.29, 1.82) is 0 Å². The van der Waals surface area contributed by atoms with Crippen LogP contribution in [0.2, 0.25) is 5.02 Å². The third-order valence-electron chi connectivity index (χ3n) is 3.84. The van der Waals surface area contributed by atoms with E-state index < -0.39 is 5.54 Å². The molecule has 0 aliphatic rings. The van der Waals surface area contributed by atoms with Gasteiger partial charge in [0.25, 0.3) is 0 Å². The normalized spacial score (nSPS) is 11.0. The summed E-state index contributed by atoms with van der Waals surface area (Å²) in [5.74, 6) is 0.707. The van der Waals surface area contributed by atoms with Gasteiger partial charge in [-0.2, -0.15) is 0 Å². The van der Waals surface area contributed by atoms with Crippen molar-refractivity contribution >= 4 is 23.2 Å². The SMILES string of the molecule is CN(CCCOc1ccccc1Cl)C(=O)C(C)(C)Nc1ccccc1. The van der Waals surface area contributed by atoms with Crippen molar-refractivity contribution in [1.82, 2.24) is 4.90 Å². The van der Waals surface area contributed by atoms with Gasteiger partial charge in [-0.25, -0.2) is 0 Å². The molecule has 0 aliphatic heterocycles. The number of amides is 1. The summed E-state index contributed by atoms with van der Waals surface area (Å²) in [6.45, 7) is 4.90. The number of carbonyl (C=O) groups is 1. The van der Waals surface area contributed by atoms with Crippen LogP contribution >= 0.6 is 11.6 Å². The smallest absolute Gasteiger partial charge is 0.247 e. The molecule has 25 heavy (non-hydrogen) atoms. The van der Waals surface area contributed by atoms with E-state index in [1.54, 1.807) is 11.0 Å². The van der Waals surface area contributed by atoms with Gasteiger partial charge in [0, 0.05) is 19.3 Å². The monoisotopic (exact) mass is 360 g/mol. The van der Waals surface area contributed by atoms with Crippen LogP contribution in [0.15, 0.2) is 54.6 Å². The van der Waals surface area contributed by atoms with Crippen molar-refractivity contribution in [2.24, 2.45) is 0 Å². The van der Waals surface area contributed by atoms with Crippen LogP contribution in [-0.2, 0) is 4.79 Å². The predicted molar refractivity (Wildman–Crippen MR) is 103 cm³/mol. The molecular weight excluding hydrogens is 336 g/mol. The first kappa shape index (κ1) is 19.1. The standard InChI is InChI=1S/C20H25ClN2O2/c1-20(2,22-16-10-5-4-6-11-16)19(24)23(3)14-9-15-25-18-13-8-7-12-17(18)21/h4-8,10-13,22H,9,14-15H2,1-3H3. The van der Waals surface area contributed by atoms with Gasteiger partial charge in [-0.3, -0.25) is 4.79 Å². The van der Waals surface area contributed by atoms with Gasteiger partial charge >= 0.3 is 0 Å². The van der Waals surface area contributed by atoms with E-state index in [9.17, 15) is 4.79 Å². The van der Waals surface area contributed by atoms with Crippen LogP contribution in [0.4, 0.5) is 5.69 Å². The van der Waals surface area contributed by atoms with Crippen molar-refractivity contribution in [2.45, 2.75) is 25.8 Å². The third-order valence-corrected chi connectivity index (χ3v) is 4.16. The number of anilines is 1. The Morgan fingerprint density at radius 3 is 2.44 bits per heavy atom. The van der Waals surface area contributed by atoms with E-state index in [2.05, 4.69) is 5.32 Å². The van der Waals surface area contributed by atoms with Crippen LogP contribution in [-0.4, -0.2) is 36.5 Å². The number of benzene rings is 2. The maximum Gasteiger partial charge on any atom is 0.247 e. The fourth-order valence-electron chi connectivity index (χ4n) is 2.56. The van der Waals surface area contributed by atoms with Crippen molar-refractivity contribution in [2.75, 3.05) is 25.5 Å². The molecule has 0 atom stereocenters. The highest BCUT2D eigenvalue weighted by Crippen LogP contribution is 2.23. The van der Waals surface area contributed by atoms with E-state index in [-0.39, 0.29) is 5.91 Å². The molecule has 5 heteroatoms. The van der Waals surface area contributed by atoms with Gasteiger partial charge in [-0.15, -0.1) is 0 Å². The minimum Gasteiger partial charge on any atom is -0.492 e. The molecule has 2 rings (SSSR count). The molecule has 0 unspecified atom stereocenters. The molecule has 2 aromatic carbocycles. The number of carbonyl (C=O) groups excluding carboxylic acids is 1. The van der Waals surface area contributed by atoms with Crippen LogP contribution in [0.25, 0.3) is 0 Å². The largest absolute Gasteiger partial charge is 0.492 e. The summed E-state index contributed by atoms with van der Waals surface area (Å²) in [4.78, 5) is 14.4. The van der Waals surface area contributed by atoms with Gasteiger partial charge < -0.3 is 15.0 Å². The van der Waals surface area contributed by atoms with Gasteiger partial charge in [0.05, 0.1) is 11.6 Å². The lowest BCUT2D eigenvalue weighted by Gasteiger charge is -2.31. The van der Waals surface area contributed by atoms with Gasteiger partial charge in [0.2, 0.25) is 5.91 Å². The lowest BCUT2D eigenvalue weighted by atomic mass is 10.0. The lowest BCUT2D eigenvalue weighted by Crippen LogP contribution is -2.49. The van der Waals surface area contributed by atoms with Crippen LogP contribution in [0, 0.1) is 0 Å². The molecule has 0 saturated heterocycles. The zero-order valence-corrected chi connectivity index (χ0v) is 15.7. The summed E-state index contributed by atoms with van der Waals surface area (Å²) in [7, 11) is 1.81. The zero-order chi connectivity index (χ0) is 18.3. The summed E-state index contributed by atoms with van der Waals surface area (Å²) in [6.07, 6.45) is 0.731. The van der Waals surface area contributed by atoms with E-state index in [1.807, 2.05) is 69.4 Å². The average Bonchev–Trinajstić information content (AvgIpc) is 2.59. The van der Waals surface area contributed by atoms with Crippen molar-refractivity contribution in [3.05, 3.63) is 59.6 Å². The minimum absolute atomic E-state index is 0.0362. The molecule has 0 heterocycles. The molecule has 4 nitrogen and oxygen atoms in total. The topological polar surface area (TPSA) is 41.6 Å². The van der Waals surface area contributed by atoms with E-state index in [0.717, 1.165) is 12.1 Å². The Labute approximate surface area is 154 Å². The highest BCUT2D eigenvalue weighted by molar-refractivity contribution is 6.32. The molecule has 0 spiro atoms. The van der Waals surface area contributed by atoms with E-state index in [4.69, 9.17) is 16.3 Å². The number of nitrogens with one attached hydrogen (secondary N) is 1.